The van der Waals surface area contributed by atoms with Crippen molar-refractivity contribution in [3.8, 4) is 0 Å². The molecule has 0 aromatic heterocycles. The number of hydrogen-bond acceptors (Lipinski definition) is 3. The SMILES string of the molecule is CC(CNC1CSCc2ccccc21)CN1CCCCC1. The minimum absolute atomic E-state index is 0.545. The van der Waals surface area contributed by atoms with Crippen LogP contribution in [0.1, 0.15) is 43.4 Å². The summed E-state index contributed by atoms with van der Waals surface area (Å²) in [4.78, 5) is 2.65. The monoisotopic (exact) mass is 304 g/mol. The van der Waals surface area contributed by atoms with Gasteiger partial charge in [-0.05, 0) is 49.5 Å². The summed E-state index contributed by atoms with van der Waals surface area (Å²) in [6.45, 7) is 7.41. The van der Waals surface area contributed by atoms with Crippen LogP contribution in [-0.4, -0.2) is 36.8 Å². The van der Waals surface area contributed by atoms with Crippen LogP contribution in [0.3, 0.4) is 0 Å². The Kier molecular flexibility index (Phi) is 5.61. The van der Waals surface area contributed by atoms with Crippen molar-refractivity contribution >= 4 is 11.8 Å². The van der Waals surface area contributed by atoms with Gasteiger partial charge in [0.25, 0.3) is 0 Å². The summed E-state index contributed by atoms with van der Waals surface area (Å²) in [5, 5.41) is 3.82. The largest absolute Gasteiger partial charge is 0.309 e. The summed E-state index contributed by atoms with van der Waals surface area (Å²) in [6.07, 6.45) is 4.22. The lowest BCUT2D eigenvalue weighted by molar-refractivity contribution is 0.197. The minimum Gasteiger partial charge on any atom is -0.309 e. The summed E-state index contributed by atoms with van der Waals surface area (Å²) in [5.41, 5.74) is 3.05. The van der Waals surface area contributed by atoms with Crippen molar-refractivity contribution < 1.29 is 0 Å². The Morgan fingerprint density at radius 1 is 1.24 bits per heavy atom. The van der Waals surface area contributed by atoms with Crippen molar-refractivity contribution in [3.05, 3.63) is 35.4 Å². The van der Waals surface area contributed by atoms with Gasteiger partial charge < -0.3 is 10.2 Å². The highest BCUT2D eigenvalue weighted by molar-refractivity contribution is 7.98. The number of likely N-dealkylation sites (tertiary alicyclic amines) is 1. The number of rotatable bonds is 5. The van der Waals surface area contributed by atoms with Gasteiger partial charge in [-0.15, -0.1) is 0 Å². The fraction of sp³-hybridized carbons (Fsp3) is 0.667. The topological polar surface area (TPSA) is 15.3 Å². The van der Waals surface area contributed by atoms with E-state index in [-0.39, 0.29) is 0 Å². The first-order chi connectivity index (χ1) is 10.3. The van der Waals surface area contributed by atoms with Gasteiger partial charge in [-0.1, -0.05) is 37.6 Å². The molecular formula is C18H28N2S. The number of hydrogen-bond donors (Lipinski definition) is 1. The van der Waals surface area contributed by atoms with Gasteiger partial charge in [0.1, 0.15) is 0 Å². The molecule has 2 atom stereocenters. The standard InChI is InChI=1S/C18H28N2S/c1-15(12-20-9-5-2-6-10-20)11-19-18-14-21-13-16-7-3-4-8-17(16)18/h3-4,7-8,15,18-19H,2,5-6,9-14H2,1H3. The van der Waals surface area contributed by atoms with Gasteiger partial charge in [0.15, 0.2) is 0 Å². The van der Waals surface area contributed by atoms with Crippen molar-refractivity contribution in [2.75, 3.05) is 31.9 Å². The summed E-state index contributed by atoms with van der Waals surface area (Å²) in [6, 6.07) is 9.49. The number of benzene rings is 1. The molecule has 2 nitrogen and oxygen atoms in total. The second-order valence-corrected chi connectivity index (χ2v) is 7.67. The van der Waals surface area contributed by atoms with E-state index in [2.05, 4.69) is 53.2 Å². The summed E-state index contributed by atoms with van der Waals surface area (Å²) in [5.74, 6) is 3.13. The van der Waals surface area contributed by atoms with Crippen LogP contribution in [0.2, 0.25) is 0 Å². The molecule has 1 saturated heterocycles. The molecular weight excluding hydrogens is 276 g/mol. The Bertz CT molecular complexity index is 443. The van der Waals surface area contributed by atoms with E-state index in [9.17, 15) is 0 Å². The Morgan fingerprint density at radius 2 is 2.05 bits per heavy atom. The molecule has 21 heavy (non-hydrogen) atoms. The summed E-state index contributed by atoms with van der Waals surface area (Å²) in [7, 11) is 0. The first kappa shape index (κ1) is 15.4. The maximum absolute atomic E-state index is 3.82. The Labute approximate surface area is 133 Å². The molecule has 0 amide bonds. The van der Waals surface area contributed by atoms with E-state index in [1.165, 1.54) is 61.5 Å². The highest BCUT2D eigenvalue weighted by atomic mass is 32.2. The van der Waals surface area contributed by atoms with Crippen molar-refractivity contribution in [1.29, 1.82) is 0 Å². The van der Waals surface area contributed by atoms with E-state index in [4.69, 9.17) is 0 Å². The van der Waals surface area contributed by atoms with Gasteiger partial charge in [-0.3, -0.25) is 0 Å². The first-order valence-corrected chi connectivity index (χ1v) is 9.59. The molecule has 0 bridgehead atoms. The lowest BCUT2D eigenvalue weighted by Gasteiger charge is -2.31. The van der Waals surface area contributed by atoms with Crippen LogP contribution in [0.15, 0.2) is 24.3 Å². The average molecular weight is 305 g/mol. The van der Waals surface area contributed by atoms with Gasteiger partial charge in [0.2, 0.25) is 0 Å². The molecule has 1 N–H and O–H groups in total. The number of nitrogens with zero attached hydrogens (tertiary/aromatic N) is 1. The lowest BCUT2D eigenvalue weighted by Crippen LogP contribution is -2.38. The molecule has 0 aliphatic carbocycles. The fourth-order valence-electron chi connectivity index (χ4n) is 3.54. The molecule has 116 valence electrons. The molecule has 3 heteroatoms. The zero-order valence-corrected chi connectivity index (χ0v) is 14.0. The molecule has 0 spiro atoms. The number of thioether (sulfide) groups is 1. The van der Waals surface area contributed by atoms with Crippen molar-refractivity contribution in [2.24, 2.45) is 5.92 Å². The third-order valence-corrected chi connectivity index (χ3v) is 5.79. The molecule has 2 unspecified atom stereocenters. The van der Waals surface area contributed by atoms with E-state index >= 15 is 0 Å². The maximum Gasteiger partial charge on any atom is 0.0415 e. The molecule has 2 aliphatic heterocycles. The summed E-state index contributed by atoms with van der Waals surface area (Å²) < 4.78 is 0. The molecule has 1 fully saturated rings. The van der Waals surface area contributed by atoms with Gasteiger partial charge in [-0.2, -0.15) is 11.8 Å². The van der Waals surface area contributed by atoms with Crippen molar-refractivity contribution in [3.63, 3.8) is 0 Å². The van der Waals surface area contributed by atoms with E-state index < -0.39 is 0 Å². The Morgan fingerprint density at radius 3 is 2.90 bits per heavy atom. The minimum atomic E-state index is 0.545. The third-order valence-electron chi connectivity index (χ3n) is 4.70. The predicted molar refractivity (Wildman–Crippen MR) is 92.8 cm³/mol. The van der Waals surface area contributed by atoms with E-state index in [1.54, 1.807) is 0 Å². The van der Waals surface area contributed by atoms with E-state index in [1.807, 2.05) is 0 Å². The van der Waals surface area contributed by atoms with Crippen LogP contribution < -0.4 is 5.32 Å². The predicted octanol–water partition coefficient (Wildman–Crippen LogP) is 3.69. The van der Waals surface area contributed by atoms with Gasteiger partial charge in [-0.25, -0.2) is 0 Å². The van der Waals surface area contributed by atoms with Crippen LogP contribution in [0.4, 0.5) is 0 Å². The fourth-order valence-corrected chi connectivity index (χ4v) is 4.68. The molecule has 0 saturated carbocycles. The Hall–Kier alpha value is -0.510. The highest BCUT2D eigenvalue weighted by Gasteiger charge is 2.20. The summed E-state index contributed by atoms with van der Waals surface area (Å²) >= 11 is 2.06. The molecule has 1 aromatic carbocycles. The maximum atomic E-state index is 3.82. The second kappa shape index (κ2) is 7.66. The van der Waals surface area contributed by atoms with E-state index in [0.29, 0.717) is 6.04 Å². The van der Waals surface area contributed by atoms with Gasteiger partial charge >= 0.3 is 0 Å². The van der Waals surface area contributed by atoms with Crippen LogP contribution in [0.25, 0.3) is 0 Å². The highest BCUT2D eigenvalue weighted by Crippen LogP contribution is 2.31. The number of fused-ring (bicyclic) bond motifs is 1. The van der Waals surface area contributed by atoms with Crippen molar-refractivity contribution in [1.82, 2.24) is 10.2 Å². The molecule has 1 aromatic rings. The van der Waals surface area contributed by atoms with Crippen LogP contribution in [0.5, 0.6) is 0 Å². The molecule has 2 heterocycles. The molecule has 2 aliphatic rings. The molecule has 0 radical (unpaired) electrons. The normalized spacial score (nSPS) is 24.5. The van der Waals surface area contributed by atoms with Crippen LogP contribution in [0, 0.1) is 5.92 Å². The van der Waals surface area contributed by atoms with Crippen LogP contribution in [-0.2, 0) is 5.75 Å². The van der Waals surface area contributed by atoms with Gasteiger partial charge in [0.05, 0.1) is 0 Å². The number of nitrogens with one attached hydrogen (secondary N) is 1. The van der Waals surface area contributed by atoms with E-state index in [0.717, 1.165) is 12.5 Å². The third kappa shape index (κ3) is 4.24. The Balaban J connectivity index is 1.49. The zero-order chi connectivity index (χ0) is 14.5. The second-order valence-electron chi connectivity index (χ2n) is 6.64. The van der Waals surface area contributed by atoms with Crippen LogP contribution >= 0.6 is 11.8 Å². The molecule has 3 rings (SSSR count). The smallest absolute Gasteiger partial charge is 0.0415 e. The lowest BCUT2D eigenvalue weighted by atomic mass is 10.0. The van der Waals surface area contributed by atoms with Gasteiger partial charge in [0, 0.05) is 24.1 Å². The average Bonchev–Trinajstić information content (AvgIpc) is 2.54. The van der Waals surface area contributed by atoms with Crippen molar-refractivity contribution in [2.45, 2.75) is 38.0 Å². The quantitative estimate of drug-likeness (QED) is 0.893. The zero-order valence-electron chi connectivity index (χ0n) is 13.2. The first-order valence-electron chi connectivity index (χ1n) is 8.44. The number of piperidine rings is 1.